The number of aromatic nitrogens is 1. The van der Waals surface area contributed by atoms with Crippen molar-refractivity contribution in [2.75, 3.05) is 13.7 Å². The zero-order valence-electron chi connectivity index (χ0n) is 18.3. The third-order valence-corrected chi connectivity index (χ3v) is 5.90. The lowest BCUT2D eigenvalue weighted by Gasteiger charge is -2.35. The standard InChI is InChI=1S/C24H25ClFNO5/c1-24(2,3)19(12-28)27-17-11-14(32-4)8-9-15(17)22(29)20(23(30)31)18(27)10-13-6-5-7-16(25)21(13)26/h5-9,11,19,28H,10,12H2,1-4H3,(H,30,31). The molecule has 3 rings (SSSR count). The van der Waals surface area contributed by atoms with Crippen molar-refractivity contribution in [2.45, 2.75) is 33.2 Å². The average Bonchev–Trinajstić information content (AvgIpc) is 2.72. The number of pyridine rings is 1. The first-order valence-corrected chi connectivity index (χ1v) is 10.4. The number of hydrogen-bond donors (Lipinski definition) is 2. The van der Waals surface area contributed by atoms with E-state index in [2.05, 4.69) is 0 Å². The van der Waals surface area contributed by atoms with E-state index in [0.717, 1.165) is 0 Å². The zero-order chi connectivity index (χ0) is 23.8. The lowest BCUT2D eigenvalue weighted by molar-refractivity contribution is 0.0690. The van der Waals surface area contributed by atoms with Crippen molar-refractivity contribution < 1.29 is 24.1 Å². The molecule has 0 fully saturated rings. The summed E-state index contributed by atoms with van der Waals surface area (Å²) in [5.74, 6) is -1.66. The molecule has 6 nitrogen and oxygen atoms in total. The Hall–Kier alpha value is -2.90. The van der Waals surface area contributed by atoms with Crippen molar-refractivity contribution in [3.8, 4) is 5.75 Å². The Morgan fingerprint density at radius 2 is 1.94 bits per heavy atom. The van der Waals surface area contributed by atoms with Gasteiger partial charge in [-0.15, -0.1) is 0 Å². The fourth-order valence-corrected chi connectivity index (χ4v) is 4.11. The molecule has 1 unspecified atom stereocenters. The third kappa shape index (κ3) is 4.23. The molecule has 170 valence electrons. The van der Waals surface area contributed by atoms with Crippen molar-refractivity contribution in [1.82, 2.24) is 4.57 Å². The zero-order valence-corrected chi connectivity index (χ0v) is 19.0. The van der Waals surface area contributed by atoms with Gasteiger partial charge in [-0.3, -0.25) is 4.79 Å². The third-order valence-electron chi connectivity index (χ3n) is 5.60. The maximum atomic E-state index is 14.8. The molecule has 1 atom stereocenters. The summed E-state index contributed by atoms with van der Waals surface area (Å²) in [5, 5.41) is 20.3. The predicted octanol–water partition coefficient (Wildman–Crippen LogP) is 4.67. The molecule has 2 aromatic carbocycles. The number of aliphatic hydroxyl groups is 1. The molecule has 1 heterocycles. The van der Waals surface area contributed by atoms with Crippen LogP contribution in [0.3, 0.4) is 0 Å². The fraction of sp³-hybridized carbons (Fsp3) is 0.333. The molecule has 1 aromatic heterocycles. The molecular formula is C24H25ClFNO5. The van der Waals surface area contributed by atoms with Crippen LogP contribution in [0.1, 0.15) is 48.4 Å². The molecule has 0 aliphatic rings. The highest BCUT2D eigenvalue weighted by atomic mass is 35.5. The Morgan fingerprint density at radius 1 is 1.25 bits per heavy atom. The average molecular weight is 462 g/mol. The number of aromatic carboxylic acids is 1. The van der Waals surface area contributed by atoms with E-state index in [4.69, 9.17) is 16.3 Å². The normalized spacial score (nSPS) is 12.7. The van der Waals surface area contributed by atoms with Crippen molar-refractivity contribution in [3.05, 3.63) is 74.3 Å². The summed E-state index contributed by atoms with van der Waals surface area (Å²) in [5.41, 5.74) is -1.07. The van der Waals surface area contributed by atoms with Gasteiger partial charge in [0.25, 0.3) is 0 Å². The van der Waals surface area contributed by atoms with E-state index >= 15 is 0 Å². The van der Waals surface area contributed by atoms with Gasteiger partial charge in [-0.25, -0.2) is 9.18 Å². The number of methoxy groups -OCH3 is 1. The predicted molar refractivity (Wildman–Crippen MR) is 122 cm³/mol. The van der Waals surface area contributed by atoms with Crippen LogP contribution in [-0.4, -0.2) is 34.5 Å². The quantitative estimate of drug-likeness (QED) is 0.556. The Morgan fingerprint density at radius 3 is 2.50 bits per heavy atom. The van der Waals surface area contributed by atoms with Crippen LogP contribution in [0.25, 0.3) is 10.9 Å². The van der Waals surface area contributed by atoms with Crippen LogP contribution in [0.15, 0.2) is 41.2 Å². The SMILES string of the molecule is COc1ccc2c(=O)c(C(=O)O)c(Cc3cccc(Cl)c3F)n(C(CO)C(C)(C)C)c2c1. The summed E-state index contributed by atoms with van der Waals surface area (Å²) in [7, 11) is 1.48. The van der Waals surface area contributed by atoms with Gasteiger partial charge in [-0.1, -0.05) is 44.5 Å². The topological polar surface area (TPSA) is 88.8 Å². The summed E-state index contributed by atoms with van der Waals surface area (Å²) >= 11 is 5.93. The molecule has 0 aliphatic heterocycles. The number of rotatable bonds is 6. The van der Waals surface area contributed by atoms with Crippen LogP contribution in [0.2, 0.25) is 5.02 Å². The monoisotopic (exact) mass is 461 g/mol. The number of carboxylic acid groups (broad SMARTS) is 1. The number of hydrogen-bond acceptors (Lipinski definition) is 4. The lowest BCUT2D eigenvalue weighted by Crippen LogP contribution is -2.34. The van der Waals surface area contributed by atoms with E-state index in [1.54, 1.807) is 22.8 Å². The second-order valence-corrected chi connectivity index (χ2v) is 9.07. The first-order valence-electron chi connectivity index (χ1n) is 10.0. The van der Waals surface area contributed by atoms with Gasteiger partial charge in [0.15, 0.2) is 0 Å². The van der Waals surface area contributed by atoms with E-state index in [9.17, 15) is 24.2 Å². The van der Waals surface area contributed by atoms with E-state index in [-0.39, 0.29) is 34.7 Å². The number of ether oxygens (including phenoxy) is 1. The molecular weight excluding hydrogens is 437 g/mol. The van der Waals surface area contributed by atoms with E-state index < -0.39 is 34.2 Å². The summed E-state index contributed by atoms with van der Waals surface area (Å²) in [6.07, 6.45) is -0.205. The lowest BCUT2D eigenvalue weighted by atomic mass is 9.85. The molecule has 0 aliphatic carbocycles. The maximum absolute atomic E-state index is 14.8. The Labute approximate surface area is 189 Å². The molecule has 3 aromatic rings. The first-order chi connectivity index (χ1) is 15.0. The summed E-state index contributed by atoms with van der Waals surface area (Å²) in [6, 6.07) is 8.51. The number of benzene rings is 2. The van der Waals surface area contributed by atoms with Crippen LogP contribution in [0.5, 0.6) is 5.75 Å². The Bertz CT molecular complexity index is 1250. The minimum absolute atomic E-state index is 0.0818. The minimum atomic E-state index is -1.43. The van der Waals surface area contributed by atoms with Crippen molar-refractivity contribution >= 4 is 28.5 Å². The number of aliphatic hydroxyl groups excluding tert-OH is 1. The summed E-state index contributed by atoms with van der Waals surface area (Å²) in [4.78, 5) is 25.5. The smallest absolute Gasteiger partial charge is 0.341 e. The van der Waals surface area contributed by atoms with E-state index in [1.165, 1.54) is 25.3 Å². The van der Waals surface area contributed by atoms with Gasteiger partial charge >= 0.3 is 5.97 Å². The van der Waals surface area contributed by atoms with Gasteiger partial charge in [0.05, 0.1) is 30.3 Å². The minimum Gasteiger partial charge on any atom is -0.497 e. The van der Waals surface area contributed by atoms with Crippen LogP contribution < -0.4 is 10.2 Å². The molecule has 8 heteroatoms. The molecule has 0 saturated heterocycles. The number of carboxylic acids is 1. The molecule has 0 radical (unpaired) electrons. The second kappa shape index (κ2) is 8.92. The number of nitrogens with zero attached hydrogens (tertiary/aromatic N) is 1. The second-order valence-electron chi connectivity index (χ2n) is 8.66. The molecule has 0 bridgehead atoms. The molecule has 0 spiro atoms. The first kappa shape index (κ1) is 23.8. The number of carbonyl (C=O) groups is 1. The summed E-state index contributed by atoms with van der Waals surface area (Å²) in [6.45, 7) is 5.34. The van der Waals surface area contributed by atoms with Crippen molar-refractivity contribution in [2.24, 2.45) is 5.41 Å². The Kier molecular flexibility index (Phi) is 6.62. The van der Waals surface area contributed by atoms with Crippen LogP contribution in [-0.2, 0) is 6.42 Å². The molecule has 0 saturated carbocycles. The van der Waals surface area contributed by atoms with E-state index in [1.807, 2.05) is 20.8 Å². The van der Waals surface area contributed by atoms with Crippen molar-refractivity contribution in [3.63, 3.8) is 0 Å². The van der Waals surface area contributed by atoms with Gasteiger partial charge in [0.2, 0.25) is 5.43 Å². The number of fused-ring (bicyclic) bond motifs is 1. The summed E-state index contributed by atoms with van der Waals surface area (Å²) < 4.78 is 21.7. The van der Waals surface area contributed by atoms with E-state index in [0.29, 0.717) is 11.3 Å². The number of halogens is 2. The van der Waals surface area contributed by atoms with Gasteiger partial charge in [0, 0.05) is 23.6 Å². The van der Waals surface area contributed by atoms with Crippen LogP contribution >= 0.6 is 11.6 Å². The van der Waals surface area contributed by atoms with Gasteiger partial charge < -0.3 is 19.5 Å². The highest BCUT2D eigenvalue weighted by Gasteiger charge is 2.32. The van der Waals surface area contributed by atoms with Crippen molar-refractivity contribution in [1.29, 1.82) is 0 Å². The van der Waals surface area contributed by atoms with Crippen LogP contribution in [0, 0.1) is 11.2 Å². The Balaban J connectivity index is 2.52. The highest BCUT2D eigenvalue weighted by molar-refractivity contribution is 6.30. The molecule has 0 amide bonds. The molecule has 32 heavy (non-hydrogen) atoms. The van der Waals surface area contributed by atoms with Gasteiger partial charge in [0.1, 0.15) is 17.1 Å². The maximum Gasteiger partial charge on any atom is 0.341 e. The van der Waals surface area contributed by atoms with Gasteiger partial charge in [-0.2, -0.15) is 0 Å². The largest absolute Gasteiger partial charge is 0.497 e. The fourth-order valence-electron chi connectivity index (χ4n) is 3.92. The van der Waals surface area contributed by atoms with Crippen LogP contribution in [0.4, 0.5) is 4.39 Å². The highest BCUT2D eigenvalue weighted by Crippen LogP contribution is 2.36. The molecule has 2 N–H and O–H groups in total. The van der Waals surface area contributed by atoms with Gasteiger partial charge in [-0.05, 0) is 29.2 Å².